The molecule has 11 heteroatoms. The number of hydrogen-bond donors (Lipinski definition) is 1. The van der Waals surface area contributed by atoms with Gasteiger partial charge in [0.15, 0.2) is 0 Å². The summed E-state index contributed by atoms with van der Waals surface area (Å²) in [4.78, 5) is 26.2. The average molecular weight is 708 g/mol. The highest BCUT2D eigenvalue weighted by Gasteiger charge is 2.29. The Hall–Kier alpha value is -4.21. The minimum atomic E-state index is -0.614. The van der Waals surface area contributed by atoms with Crippen LogP contribution in [-0.4, -0.2) is 51.8 Å². The molecule has 0 aliphatic carbocycles. The van der Waals surface area contributed by atoms with Gasteiger partial charge in [-0.15, -0.1) is 11.6 Å². The molecule has 0 aliphatic heterocycles. The van der Waals surface area contributed by atoms with Crippen molar-refractivity contribution in [3.8, 4) is 16.9 Å². The zero-order chi connectivity index (χ0) is 35.3. The first-order valence-electron chi connectivity index (χ1n) is 16.6. The van der Waals surface area contributed by atoms with Gasteiger partial charge >= 0.3 is 12.1 Å². The van der Waals surface area contributed by atoms with Crippen molar-refractivity contribution >= 4 is 56.9 Å². The summed E-state index contributed by atoms with van der Waals surface area (Å²) in [6, 6.07) is 18.0. The normalized spacial score (nSPS) is 11.7. The van der Waals surface area contributed by atoms with E-state index in [0.717, 1.165) is 49.8 Å². The van der Waals surface area contributed by atoms with E-state index in [2.05, 4.69) is 28.6 Å². The zero-order valence-electron chi connectivity index (χ0n) is 29.0. The third-order valence-corrected chi connectivity index (χ3v) is 8.90. The van der Waals surface area contributed by atoms with Gasteiger partial charge < -0.3 is 24.1 Å². The lowest BCUT2D eigenvalue weighted by atomic mass is 9.98. The van der Waals surface area contributed by atoms with Gasteiger partial charge in [-0.3, -0.25) is 4.68 Å². The van der Waals surface area contributed by atoms with Gasteiger partial charge in [0.2, 0.25) is 0 Å². The number of nitrogens with zero attached hydrogens (tertiary/aromatic N) is 3. The quantitative estimate of drug-likeness (QED) is 0.0746. The molecule has 0 atom stereocenters. The van der Waals surface area contributed by atoms with Crippen LogP contribution in [0.4, 0.5) is 4.79 Å². The van der Waals surface area contributed by atoms with Crippen molar-refractivity contribution in [2.24, 2.45) is 7.05 Å². The standard InChI is InChI=1S/C38H44Cl2N4O5/c1-7-47-36(45)35-27(16-11-22-48-31-17-10-14-25-13-8-9-15-26(25)31)28-18-19-29(40)33(32-24(2)43(6)42-30(32)23-39)34(28)44(35)21-12-20-41-37(46)49-38(3,4)5/h8-10,13-15,17-19H,7,11-12,16,20-23H2,1-6H3,(H,41,46). The maximum atomic E-state index is 13.8. The van der Waals surface area contributed by atoms with Crippen LogP contribution in [0.3, 0.4) is 0 Å². The maximum Gasteiger partial charge on any atom is 0.407 e. The van der Waals surface area contributed by atoms with Crippen molar-refractivity contribution in [2.75, 3.05) is 19.8 Å². The van der Waals surface area contributed by atoms with Gasteiger partial charge in [-0.2, -0.15) is 5.10 Å². The predicted octanol–water partition coefficient (Wildman–Crippen LogP) is 9.00. The van der Waals surface area contributed by atoms with Crippen molar-refractivity contribution in [2.45, 2.75) is 71.9 Å². The number of ether oxygens (including phenoxy) is 3. The molecule has 5 rings (SSSR count). The monoisotopic (exact) mass is 706 g/mol. The molecule has 0 spiro atoms. The summed E-state index contributed by atoms with van der Waals surface area (Å²) in [7, 11) is 1.87. The summed E-state index contributed by atoms with van der Waals surface area (Å²) in [5.74, 6) is 0.581. The number of aromatic nitrogens is 3. The van der Waals surface area contributed by atoms with E-state index >= 15 is 0 Å². The summed E-state index contributed by atoms with van der Waals surface area (Å²) < 4.78 is 21.1. The molecular formula is C38H44Cl2N4O5. The number of aryl methyl sites for hydroxylation is 3. The number of halogens is 2. The molecule has 0 bridgehead atoms. The Kier molecular flexibility index (Phi) is 11.5. The molecule has 1 N–H and O–H groups in total. The van der Waals surface area contributed by atoms with Crippen LogP contribution in [0, 0.1) is 6.92 Å². The summed E-state index contributed by atoms with van der Waals surface area (Å²) in [5.41, 5.74) is 4.66. The molecule has 0 radical (unpaired) electrons. The molecule has 5 aromatic rings. The van der Waals surface area contributed by atoms with Crippen molar-refractivity contribution in [3.05, 3.63) is 82.3 Å². The first-order chi connectivity index (χ1) is 23.4. The van der Waals surface area contributed by atoms with E-state index in [4.69, 9.17) is 37.4 Å². The number of alkyl carbamates (subject to hydrolysis) is 1. The van der Waals surface area contributed by atoms with E-state index in [9.17, 15) is 9.59 Å². The largest absolute Gasteiger partial charge is 0.493 e. The molecule has 260 valence electrons. The lowest BCUT2D eigenvalue weighted by Crippen LogP contribution is -2.33. The Morgan fingerprint density at radius 2 is 1.73 bits per heavy atom. The number of rotatable bonds is 13. The molecule has 49 heavy (non-hydrogen) atoms. The molecule has 0 unspecified atom stereocenters. The second kappa shape index (κ2) is 15.6. The number of benzene rings is 3. The Morgan fingerprint density at radius 1 is 0.980 bits per heavy atom. The second-order valence-corrected chi connectivity index (χ2v) is 13.6. The van der Waals surface area contributed by atoms with E-state index in [-0.39, 0.29) is 12.5 Å². The minimum Gasteiger partial charge on any atom is -0.493 e. The van der Waals surface area contributed by atoms with Crippen molar-refractivity contribution < 1.29 is 23.8 Å². The van der Waals surface area contributed by atoms with Gasteiger partial charge in [-0.25, -0.2) is 9.59 Å². The van der Waals surface area contributed by atoms with Crippen molar-refractivity contribution in [1.82, 2.24) is 19.7 Å². The van der Waals surface area contributed by atoms with Gasteiger partial charge in [-0.1, -0.05) is 54.1 Å². The van der Waals surface area contributed by atoms with Gasteiger partial charge in [0, 0.05) is 47.7 Å². The zero-order valence-corrected chi connectivity index (χ0v) is 30.5. The van der Waals surface area contributed by atoms with E-state index in [0.29, 0.717) is 55.4 Å². The average Bonchev–Trinajstić information content (AvgIpc) is 3.53. The van der Waals surface area contributed by atoms with E-state index in [1.54, 1.807) is 11.6 Å². The third-order valence-electron chi connectivity index (χ3n) is 8.33. The van der Waals surface area contributed by atoms with Crippen LogP contribution in [0.1, 0.15) is 68.0 Å². The molecule has 3 aromatic carbocycles. The topological polar surface area (TPSA) is 96.6 Å². The third kappa shape index (κ3) is 8.00. The Bertz CT molecular complexity index is 1970. The molecule has 0 saturated carbocycles. The van der Waals surface area contributed by atoms with Gasteiger partial charge in [0.1, 0.15) is 17.0 Å². The molecule has 9 nitrogen and oxygen atoms in total. The van der Waals surface area contributed by atoms with Crippen molar-refractivity contribution in [3.63, 3.8) is 0 Å². The fourth-order valence-corrected chi connectivity index (χ4v) is 6.66. The highest BCUT2D eigenvalue weighted by Crippen LogP contribution is 2.43. The molecule has 2 aromatic heterocycles. The fourth-order valence-electron chi connectivity index (χ4n) is 6.23. The second-order valence-electron chi connectivity index (χ2n) is 12.9. The Morgan fingerprint density at radius 3 is 2.47 bits per heavy atom. The van der Waals surface area contributed by atoms with Crippen LogP contribution >= 0.6 is 23.2 Å². The lowest BCUT2D eigenvalue weighted by Gasteiger charge is -2.20. The summed E-state index contributed by atoms with van der Waals surface area (Å²) in [6.07, 6.45) is 1.21. The van der Waals surface area contributed by atoms with Crippen LogP contribution < -0.4 is 10.1 Å². The molecule has 1 amide bonds. The van der Waals surface area contributed by atoms with Crippen molar-refractivity contribution in [1.29, 1.82) is 0 Å². The number of nitrogens with one attached hydrogen (secondary N) is 1. The van der Waals surface area contributed by atoms with Crippen LogP contribution in [0.25, 0.3) is 32.8 Å². The minimum absolute atomic E-state index is 0.188. The Balaban J connectivity index is 1.56. The highest BCUT2D eigenvalue weighted by molar-refractivity contribution is 6.35. The van der Waals surface area contributed by atoms with Gasteiger partial charge in [-0.05, 0) is 77.0 Å². The molecule has 2 heterocycles. The smallest absolute Gasteiger partial charge is 0.407 e. The first kappa shape index (κ1) is 36.1. The van der Waals surface area contributed by atoms with E-state index in [1.807, 2.05) is 75.7 Å². The number of esters is 1. The van der Waals surface area contributed by atoms with Crippen LogP contribution in [0.2, 0.25) is 5.02 Å². The fraction of sp³-hybridized carbons (Fsp3) is 0.395. The van der Waals surface area contributed by atoms with Crippen LogP contribution in [0.15, 0.2) is 54.6 Å². The van der Waals surface area contributed by atoms with Gasteiger partial charge in [0.05, 0.1) is 35.3 Å². The van der Waals surface area contributed by atoms with E-state index < -0.39 is 17.7 Å². The molecule has 0 fully saturated rings. The van der Waals surface area contributed by atoms with Crippen LogP contribution in [-0.2, 0) is 35.4 Å². The Labute approximate surface area is 297 Å². The number of alkyl halides is 1. The number of amides is 1. The number of carbonyl (C=O) groups excluding carboxylic acids is 2. The SMILES string of the molecule is CCOC(=O)c1c(CCCOc2cccc3ccccc23)c2ccc(Cl)c(-c3c(CCl)nn(C)c3C)c2n1CCCNC(=O)OC(C)(C)C. The molecule has 0 aliphatic rings. The van der Waals surface area contributed by atoms with E-state index in [1.165, 1.54) is 0 Å². The number of carbonyl (C=O) groups is 2. The molecular weight excluding hydrogens is 663 g/mol. The lowest BCUT2D eigenvalue weighted by molar-refractivity contribution is 0.0502. The first-order valence-corrected chi connectivity index (χ1v) is 17.5. The van der Waals surface area contributed by atoms with Gasteiger partial charge in [0.25, 0.3) is 0 Å². The number of fused-ring (bicyclic) bond motifs is 2. The maximum absolute atomic E-state index is 13.8. The summed E-state index contributed by atoms with van der Waals surface area (Å²) in [6.45, 7) is 10.6. The highest BCUT2D eigenvalue weighted by atomic mass is 35.5. The summed E-state index contributed by atoms with van der Waals surface area (Å²) >= 11 is 13.4. The summed E-state index contributed by atoms with van der Waals surface area (Å²) in [5, 5.41) is 11.1. The van der Waals surface area contributed by atoms with Crippen LogP contribution in [0.5, 0.6) is 5.75 Å². The number of hydrogen-bond acceptors (Lipinski definition) is 6. The predicted molar refractivity (Wildman–Crippen MR) is 196 cm³/mol. The molecule has 0 saturated heterocycles.